The minimum absolute atomic E-state index is 0.708. The molecule has 0 atom stereocenters. The lowest BCUT2D eigenvalue weighted by atomic mass is 10.2. The first-order valence-electron chi connectivity index (χ1n) is 5.68. The van der Waals surface area contributed by atoms with Crippen molar-refractivity contribution in [2.24, 2.45) is 0 Å². The van der Waals surface area contributed by atoms with Gasteiger partial charge in [0, 0.05) is 11.8 Å². The lowest BCUT2D eigenvalue weighted by Gasteiger charge is -2.03. The maximum absolute atomic E-state index is 5.47. The van der Waals surface area contributed by atoms with E-state index in [9.17, 15) is 0 Å². The number of rotatable bonds is 8. The van der Waals surface area contributed by atoms with Crippen LogP contribution >= 0.6 is 0 Å². The van der Waals surface area contributed by atoms with E-state index in [1.165, 1.54) is 12.8 Å². The van der Waals surface area contributed by atoms with E-state index in [1.807, 2.05) is 13.0 Å². The van der Waals surface area contributed by atoms with Crippen LogP contribution in [0.4, 0.5) is 0 Å². The van der Waals surface area contributed by atoms with Gasteiger partial charge in [0.1, 0.15) is 0 Å². The molecule has 0 aromatic carbocycles. The van der Waals surface area contributed by atoms with Gasteiger partial charge in [0.05, 0.1) is 6.61 Å². The molecule has 0 unspecified atom stereocenters. The van der Waals surface area contributed by atoms with E-state index < -0.39 is 0 Å². The van der Waals surface area contributed by atoms with Gasteiger partial charge in [0.15, 0.2) is 0 Å². The topological polar surface area (TPSA) is 49.9 Å². The van der Waals surface area contributed by atoms with Gasteiger partial charge in [-0.1, -0.05) is 6.92 Å². The number of H-pyrrole nitrogens is 1. The van der Waals surface area contributed by atoms with Crippen LogP contribution in [-0.2, 0) is 0 Å². The Bertz CT molecular complexity index is 260. The van der Waals surface area contributed by atoms with E-state index in [-0.39, 0.29) is 0 Å². The van der Waals surface area contributed by atoms with Gasteiger partial charge in [-0.05, 0) is 39.3 Å². The fourth-order valence-corrected chi connectivity index (χ4v) is 1.35. The zero-order chi connectivity index (χ0) is 10.9. The van der Waals surface area contributed by atoms with Gasteiger partial charge in [-0.3, -0.25) is 5.10 Å². The highest BCUT2D eigenvalue weighted by molar-refractivity contribution is 5.11. The van der Waals surface area contributed by atoms with E-state index in [1.54, 1.807) is 0 Å². The second-order valence-corrected chi connectivity index (χ2v) is 3.65. The Morgan fingerprint density at radius 1 is 1.40 bits per heavy atom. The van der Waals surface area contributed by atoms with E-state index in [4.69, 9.17) is 4.74 Å². The van der Waals surface area contributed by atoms with Crippen molar-refractivity contribution >= 4 is 0 Å². The fourth-order valence-electron chi connectivity index (χ4n) is 1.35. The first-order valence-corrected chi connectivity index (χ1v) is 5.68. The maximum atomic E-state index is 5.47. The van der Waals surface area contributed by atoms with Crippen molar-refractivity contribution in [3.8, 4) is 5.88 Å². The van der Waals surface area contributed by atoms with Crippen LogP contribution in [0.2, 0.25) is 0 Å². The average molecular weight is 211 g/mol. The minimum Gasteiger partial charge on any atom is -0.477 e. The monoisotopic (exact) mass is 211 g/mol. The Morgan fingerprint density at radius 2 is 2.27 bits per heavy atom. The van der Waals surface area contributed by atoms with Crippen LogP contribution in [0.15, 0.2) is 6.07 Å². The third kappa shape index (κ3) is 5.42. The highest BCUT2D eigenvalue weighted by Crippen LogP contribution is 2.07. The minimum atomic E-state index is 0.708. The zero-order valence-electron chi connectivity index (χ0n) is 9.68. The Balaban J connectivity index is 1.93. The summed E-state index contributed by atoms with van der Waals surface area (Å²) < 4.78 is 5.47. The second kappa shape index (κ2) is 7.29. The summed E-state index contributed by atoms with van der Waals surface area (Å²) in [6, 6.07) is 1.92. The van der Waals surface area contributed by atoms with Crippen LogP contribution in [0.5, 0.6) is 5.88 Å². The number of aryl methyl sites for hydroxylation is 1. The standard InChI is InChI=1S/C11H21N3O/c1-3-12-7-5-4-6-8-15-11-9-10(2)13-14-11/h9,12H,3-8H2,1-2H3,(H,13,14). The largest absolute Gasteiger partial charge is 0.477 e. The molecule has 0 fully saturated rings. The smallest absolute Gasteiger partial charge is 0.232 e. The summed E-state index contributed by atoms with van der Waals surface area (Å²) in [6.07, 6.45) is 3.52. The molecule has 1 aromatic heterocycles. The molecule has 2 N–H and O–H groups in total. The lowest BCUT2D eigenvalue weighted by molar-refractivity contribution is 0.293. The first kappa shape index (κ1) is 12.0. The third-order valence-corrected chi connectivity index (χ3v) is 2.18. The Hall–Kier alpha value is -1.03. The molecule has 0 amide bonds. The van der Waals surface area contributed by atoms with E-state index in [2.05, 4.69) is 22.4 Å². The Kier molecular flexibility index (Phi) is 5.85. The van der Waals surface area contributed by atoms with Crippen LogP contribution in [0.3, 0.4) is 0 Å². The highest BCUT2D eigenvalue weighted by Gasteiger charge is 1.97. The summed E-state index contributed by atoms with van der Waals surface area (Å²) >= 11 is 0. The molecule has 0 spiro atoms. The van der Waals surface area contributed by atoms with Gasteiger partial charge in [-0.2, -0.15) is 0 Å². The molecular formula is C11H21N3O. The summed E-state index contributed by atoms with van der Waals surface area (Å²) in [6.45, 7) is 7.02. The zero-order valence-corrected chi connectivity index (χ0v) is 9.68. The number of ether oxygens (including phenoxy) is 1. The predicted molar refractivity (Wildman–Crippen MR) is 61.2 cm³/mol. The average Bonchev–Trinajstić information content (AvgIpc) is 2.63. The van der Waals surface area contributed by atoms with Gasteiger partial charge in [0.2, 0.25) is 5.88 Å². The van der Waals surface area contributed by atoms with Gasteiger partial charge in [-0.25, -0.2) is 0 Å². The molecule has 86 valence electrons. The number of nitrogens with one attached hydrogen (secondary N) is 2. The van der Waals surface area contributed by atoms with Crippen molar-refractivity contribution in [1.82, 2.24) is 15.5 Å². The molecule has 0 aliphatic rings. The predicted octanol–water partition coefficient (Wildman–Crippen LogP) is 1.88. The van der Waals surface area contributed by atoms with E-state index in [0.29, 0.717) is 5.88 Å². The molecule has 0 aliphatic heterocycles. The van der Waals surface area contributed by atoms with Gasteiger partial charge >= 0.3 is 0 Å². The number of hydrogen-bond donors (Lipinski definition) is 2. The van der Waals surface area contributed by atoms with E-state index in [0.717, 1.165) is 31.8 Å². The number of aromatic nitrogens is 2. The van der Waals surface area contributed by atoms with Crippen molar-refractivity contribution in [3.05, 3.63) is 11.8 Å². The molecule has 1 heterocycles. The summed E-state index contributed by atoms with van der Waals surface area (Å²) in [4.78, 5) is 0. The molecule has 0 radical (unpaired) electrons. The maximum Gasteiger partial charge on any atom is 0.232 e. The normalized spacial score (nSPS) is 10.5. The molecule has 0 aliphatic carbocycles. The van der Waals surface area contributed by atoms with Crippen molar-refractivity contribution in [2.45, 2.75) is 33.1 Å². The number of hydrogen-bond acceptors (Lipinski definition) is 3. The highest BCUT2D eigenvalue weighted by atomic mass is 16.5. The fraction of sp³-hybridized carbons (Fsp3) is 0.727. The number of nitrogens with zero attached hydrogens (tertiary/aromatic N) is 1. The van der Waals surface area contributed by atoms with Crippen molar-refractivity contribution in [1.29, 1.82) is 0 Å². The van der Waals surface area contributed by atoms with Crippen LogP contribution in [0.25, 0.3) is 0 Å². The Morgan fingerprint density at radius 3 is 2.93 bits per heavy atom. The first-order chi connectivity index (χ1) is 7.33. The molecule has 4 nitrogen and oxygen atoms in total. The summed E-state index contributed by atoms with van der Waals surface area (Å²) in [5.41, 5.74) is 1.04. The molecule has 0 saturated carbocycles. The molecular weight excluding hydrogens is 190 g/mol. The third-order valence-electron chi connectivity index (χ3n) is 2.18. The van der Waals surface area contributed by atoms with Crippen molar-refractivity contribution < 1.29 is 4.74 Å². The second-order valence-electron chi connectivity index (χ2n) is 3.65. The van der Waals surface area contributed by atoms with Crippen LogP contribution in [0.1, 0.15) is 31.9 Å². The van der Waals surface area contributed by atoms with Crippen LogP contribution < -0.4 is 10.1 Å². The van der Waals surface area contributed by atoms with Gasteiger partial charge in [0.25, 0.3) is 0 Å². The number of aromatic amines is 1. The molecule has 0 bridgehead atoms. The van der Waals surface area contributed by atoms with Crippen LogP contribution in [0, 0.1) is 6.92 Å². The van der Waals surface area contributed by atoms with Crippen molar-refractivity contribution in [3.63, 3.8) is 0 Å². The molecule has 0 saturated heterocycles. The van der Waals surface area contributed by atoms with Crippen LogP contribution in [-0.4, -0.2) is 29.9 Å². The summed E-state index contributed by atoms with van der Waals surface area (Å²) in [5.74, 6) is 0.708. The van der Waals surface area contributed by atoms with Gasteiger partial charge in [-0.15, -0.1) is 5.10 Å². The van der Waals surface area contributed by atoms with Crippen molar-refractivity contribution in [2.75, 3.05) is 19.7 Å². The van der Waals surface area contributed by atoms with Gasteiger partial charge < -0.3 is 10.1 Å². The molecule has 15 heavy (non-hydrogen) atoms. The Labute approximate surface area is 91.4 Å². The summed E-state index contributed by atoms with van der Waals surface area (Å²) in [7, 11) is 0. The molecule has 1 aromatic rings. The SMILES string of the molecule is CCNCCCCCOc1cc(C)[nH]n1. The molecule has 4 heteroatoms. The summed E-state index contributed by atoms with van der Waals surface area (Å²) in [5, 5.41) is 10.2. The quantitative estimate of drug-likeness (QED) is 0.645. The lowest BCUT2D eigenvalue weighted by Crippen LogP contribution is -2.14. The van der Waals surface area contributed by atoms with E-state index >= 15 is 0 Å². The molecule has 1 rings (SSSR count). The number of unbranched alkanes of at least 4 members (excludes halogenated alkanes) is 2.